The van der Waals surface area contributed by atoms with Gasteiger partial charge in [-0.2, -0.15) is 0 Å². The number of aliphatic hydroxyl groups excluding tert-OH is 6. The van der Waals surface area contributed by atoms with Crippen molar-refractivity contribution in [1.82, 2.24) is 0 Å². The molecule has 272 valence electrons. The van der Waals surface area contributed by atoms with Crippen LogP contribution >= 0.6 is 23.2 Å². The monoisotopic (exact) mass is 746 g/mol. The molecule has 51 heavy (non-hydrogen) atoms. The summed E-state index contributed by atoms with van der Waals surface area (Å²) in [5.41, 5.74) is 1.75. The van der Waals surface area contributed by atoms with Crippen molar-refractivity contribution in [2.45, 2.75) is 49.2 Å². The van der Waals surface area contributed by atoms with Gasteiger partial charge in [0.2, 0.25) is 12.6 Å². The van der Waals surface area contributed by atoms with Crippen LogP contribution in [0, 0.1) is 0 Å². The molecule has 0 amide bonds. The molecule has 2 aliphatic heterocycles. The fraction of sp³-hybridized carbons (Fsp3) is 0.278. The normalized spacial score (nSPS) is 25.7. The maximum absolute atomic E-state index is 12.5. The second-order valence-electron chi connectivity index (χ2n) is 11.5. The van der Waals surface area contributed by atoms with Gasteiger partial charge in [0.05, 0.1) is 13.2 Å². The molecule has 4 aromatic rings. The Morgan fingerprint density at radius 3 is 1.24 bits per heavy atom. The third-order valence-corrected chi connectivity index (χ3v) is 8.32. The van der Waals surface area contributed by atoms with E-state index in [1.54, 1.807) is 84.9 Å². The van der Waals surface area contributed by atoms with Gasteiger partial charge >= 0.3 is 0 Å². The summed E-state index contributed by atoms with van der Waals surface area (Å²) in [6.07, 6.45) is -10.2. The number of rotatable bonds is 8. The van der Waals surface area contributed by atoms with Gasteiger partial charge in [-0.05, 0) is 72.8 Å². The molecule has 0 aromatic heterocycles. The number of benzene rings is 4. The van der Waals surface area contributed by atoms with Crippen molar-refractivity contribution in [3.05, 3.63) is 129 Å². The molecular weight excluding hydrogens is 711 g/mol. The van der Waals surface area contributed by atoms with Crippen molar-refractivity contribution in [1.29, 1.82) is 0 Å². The Morgan fingerprint density at radius 1 is 0.529 bits per heavy atom. The van der Waals surface area contributed by atoms with Crippen LogP contribution in [0.4, 0.5) is 0 Å². The van der Waals surface area contributed by atoms with Crippen molar-refractivity contribution in [2.24, 2.45) is 0 Å². The molecule has 2 heterocycles. The summed E-state index contributed by atoms with van der Waals surface area (Å²) in [6, 6.07) is 25.8. The third-order valence-electron chi connectivity index (χ3n) is 7.82. The zero-order chi connectivity index (χ0) is 35.9. The number of halogens is 2. The van der Waals surface area contributed by atoms with Gasteiger partial charge in [0.25, 0.3) is 0 Å². The van der Waals surface area contributed by atoms with Gasteiger partial charge in [-0.25, -0.2) is 0 Å². The maximum Gasteiger partial charge on any atom is 0.228 e. The largest absolute Gasteiger partial charge is 0.462 e. The van der Waals surface area contributed by atoms with Gasteiger partial charge in [-0.15, -0.1) is 0 Å². The first-order valence-electron chi connectivity index (χ1n) is 15.4. The molecule has 0 bridgehead atoms. The molecule has 2 fully saturated rings. The number of aliphatic hydroxyl groups is 6. The molecule has 15 heteroatoms. The first kappa shape index (κ1) is 39.8. The highest BCUT2D eigenvalue weighted by atomic mass is 35.5. The lowest BCUT2D eigenvalue weighted by atomic mass is 10.0. The number of carbonyl (C=O) groups excluding carboxylic acids is 2. The van der Waals surface area contributed by atoms with Crippen LogP contribution in [0.15, 0.2) is 97.1 Å². The summed E-state index contributed by atoms with van der Waals surface area (Å²) in [4.78, 5) is 25.0. The Bertz CT molecular complexity index is 1630. The van der Waals surface area contributed by atoms with E-state index in [1.807, 2.05) is 0 Å². The fourth-order valence-electron chi connectivity index (χ4n) is 4.99. The van der Waals surface area contributed by atoms with Crippen LogP contribution in [-0.2, 0) is 9.47 Å². The van der Waals surface area contributed by atoms with E-state index < -0.39 is 49.2 Å². The van der Waals surface area contributed by atoms with Crippen LogP contribution in [-0.4, -0.2) is 110 Å². The first-order chi connectivity index (χ1) is 23.9. The van der Waals surface area contributed by atoms with E-state index in [1.165, 1.54) is 12.1 Å². The Kier molecular flexibility index (Phi) is 14.1. The van der Waals surface area contributed by atoms with Crippen LogP contribution in [0.2, 0.25) is 10.0 Å². The Balaban J connectivity index is 0.000000224. The standard InChI is InChI=1S/2C18H17ClO6.H2O/c2*19-12-6-4-10(5-7-12)15(21)11-2-1-3-13(8-11)25-18-17(23)16(22)14(20)9-24-18;/h2*1-8,14,16-18,20,22-23H,9H2;1H2/t2*14-,16+,17-,18+;/m11./s1. The summed E-state index contributed by atoms with van der Waals surface area (Å²) in [7, 11) is 0. The van der Waals surface area contributed by atoms with Crippen LogP contribution in [0.3, 0.4) is 0 Å². The molecule has 2 aliphatic rings. The lowest BCUT2D eigenvalue weighted by molar-refractivity contribution is -0.242. The Morgan fingerprint density at radius 2 is 0.882 bits per heavy atom. The summed E-state index contributed by atoms with van der Waals surface area (Å²) in [5, 5.41) is 59.2. The highest BCUT2D eigenvalue weighted by Gasteiger charge is 2.40. The molecule has 0 aliphatic carbocycles. The zero-order valence-electron chi connectivity index (χ0n) is 26.7. The van der Waals surface area contributed by atoms with Gasteiger partial charge < -0.3 is 55.1 Å². The van der Waals surface area contributed by atoms with Gasteiger partial charge in [0.1, 0.15) is 48.1 Å². The first-order valence-corrected chi connectivity index (χ1v) is 16.1. The maximum atomic E-state index is 12.5. The van der Waals surface area contributed by atoms with Crippen LogP contribution in [0.1, 0.15) is 31.8 Å². The topological polar surface area (TPSA) is 224 Å². The van der Waals surface area contributed by atoms with Crippen molar-refractivity contribution < 1.29 is 64.7 Å². The van der Waals surface area contributed by atoms with E-state index in [0.29, 0.717) is 43.8 Å². The summed E-state index contributed by atoms with van der Waals surface area (Å²) < 4.78 is 21.4. The SMILES string of the molecule is O.O=C(c1ccc(Cl)cc1)c1cccc(O[C@@H]2OC[C@@H](O)[C@H](O)[C@H]2O)c1.O=C(c1ccc(Cl)cc1)c1cccc(O[C@@H]2OC[C@@H](O)[C@H](O)[C@H]2O)c1. The quantitative estimate of drug-likeness (QED) is 0.142. The number of hydrogen-bond donors (Lipinski definition) is 6. The van der Waals surface area contributed by atoms with Gasteiger partial charge in [-0.1, -0.05) is 47.5 Å². The molecule has 0 saturated carbocycles. The van der Waals surface area contributed by atoms with Gasteiger partial charge in [-0.3, -0.25) is 9.59 Å². The summed E-state index contributed by atoms with van der Waals surface area (Å²) >= 11 is 11.6. The molecule has 6 rings (SSSR count). The molecule has 4 aromatic carbocycles. The molecule has 8 N–H and O–H groups in total. The number of hydrogen-bond acceptors (Lipinski definition) is 12. The molecular formula is C36H36Cl2O13. The second-order valence-corrected chi connectivity index (χ2v) is 12.3. The molecule has 8 atom stereocenters. The van der Waals surface area contributed by atoms with Crippen molar-refractivity contribution in [2.75, 3.05) is 13.2 Å². The highest BCUT2D eigenvalue weighted by Crippen LogP contribution is 2.25. The lowest BCUT2D eigenvalue weighted by Gasteiger charge is -2.34. The predicted octanol–water partition coefficient (Wildman–Crippen LogP) is 1.95. The van der Waals surface area contributed by atoms with E-state index in [2.05, 4.69) is 0 Å². The average molecular weight is 748 g/mol. The summed E-state index contributed by atoms with van der Waals surface area (Å²) in [5.74, 6) is 0.185. The van der Waals surface area contributed by atoms with E-state index in [9.17, 15) is 40.2 Å². The second kappa shape index (κ2) is 18.0. The third kappa shape index (κ3) is 10.1. The zero-order valence-corrected chi connectivity index (χ0v) is 28.2. The number of ketones is 2. The minimum Gasteiger partial charge on any atom is -0.462 e. The predicted molar refractivity (Wildman–Crippen MR) is 183 cm³/mol. The Hall–Kier alpha value is -3.96. The van der Waals surface area contributed by atoms with Crippen LogP contribution in [0.5, 0.6) is 11.5 Å². The number of carbonyl (C=O) groups is 2. The molecule has 0 radical (unpaired) electrons. The van der Waals surface area contributed by atoms with Crippen LogP contribution < -0.4 is 9.47 Å². The minimum atomic E-state index is -1.40. The van der Waals surface area contributed by atoms with E-state index >= 15 is 0 Å². The van der Waals surface area contributed by atoms with E-state index in [-0.39, 0.29) is 30.3 Å². The van der Waals surface area contributed by atoms with E-state index in [0.717, 1.165) is 0 Å². The Labute approximate surface area is 302 Å². The molecule has 13 nitrogen and oxygen atoms in total. The van der Waals surface area contributed by atoms with Crippen molar-refractivity contribution >= 4 is 34.8 Å². The summed E-state index contributed by atoms with van der Waals surface area (Å²) in [6.45, 7) is -0.321. The minimum absolute atomic E-state index is 0. The fourth-order valence-corrected chi connectivity index (χ4v) is 5.24. The molecule has 0 unspecified atom stereocenters. The number of ether oxygens (including phenoxy) is 4. The van der Waals surface area contributed by atoms with Crippen LogP contribution in [0.25, 0.3) is 0 Å². The van der Waals surface area contributed by atoms with Crippen molar-refractivity contribution in [3.63, 3.8) is 0 Å². The van der Waals surface area contributed by atoms with Gasteiger partial charge in [0.15, 0.2) is 11.6 Å². The highest BCUT2D eigenvalue weighted by molar-refractivity contribution is 6.31. The molecule has 0 spiro atoms. The molecule has 2 saturated heterocycles. The van der Waals surface area contributed by atoms with Gasteiger partial charge in [0, 0.05) is 32.3 Å². The van der Waals surface area contributed by atoms with Crippen molar-refractivity contribution in [3.8, 4) is 11.5 Å². The lowest BCUT2D eigenvalue weighted by Crippen LogP contribution is -2.54. The average Bonchev–Trinajstić information content (AvgIpc) is 3.13. The smallest absolute Gasteiger partial charge is 0.228 e. The van der Waals surface area contributed by atoms with E-state index in [4.69, 9.17) is 42.1 Å².